The summed E-state index contributed by atoms with van der Waals surface area (Å²) in [6.07, 6.45) is 10.6. The first-order chi connectivity index (χ1) is 13.2. The number of carbonyl (C=O) groups excluding carboxylic acids is 2. The van der Waals surface area contributed by atoms with E-state index in [1.54, 1.807) is 12.3 Å². The maximum absolute atomic E-state index is 12.9. The normalized spacial score (nSPS) is 20.2. The number of ether oxygens (including phenoxy) is 1. The van der Waals surface area contributed by atoms with Crippen molar-refractivity contribution in [1.82, 2.24) is 4.98 Å². The molecule has 0 aromatic carbocycles. The molecular formula is C21H19N3O3. The van der Waals surface area contributed by atoms with Gasteiger partial charge in [0.15, 0.2) is 5.78 Å². The number of dihydropyridines is 1. The quantitative estimate of drug-likeness (QED) is 0.638. The Kier molecular flexibility index (Phi) is 4.51. The summed E-state index contributed by atoms with van der Waals surface area (Å²) >= 11 is 0. The first-order valence-electron chi connectivity index (χ1n) is 8.88. The van der Waals surface area contributed by atoms with Crippen molar-refractivity contribution in [2.24, 2.45) is 10.9 Å². The summed E-state index contributed by atoms with van der Waals surface area (Å²) in [6.45, 7) is 0.707. The predicted octanol–water partition coefficient (Wildman–Crippen LogP) is 2.97. The Labute approximate surface area is 156 Å². The molecule has 0 saturated carbocycles. The number of allylic oxidation sites excluding steroid dienone is 4. The van der Waals surface area contributed by atoms with Gasteiger partial charge < -0.3 is 15.0 Å². The molecule has 2 heterocycles. The fourth-order valence-electron chi connectivity index (χ4n) is 3.61. The van der Waals surface area contributed by atoms with Crippen LogP contribution in [0.2, 0.25) is 0 Å². The molecule has 0 spiro atoms. The summed E-state index contributed by atoms with van der Waals surface area (Å²) in [5.41, 5.74) is 10.7. The van der Waals surface area contributed by atoms with Crippen LogP contribution in [0.1, 0.15) is 34.6 Å². The van der Waals surface area contributed by atoms with E-state index in [0.717, 1.165) is 34.8 Å². The minimum Gasteiger partial charge on any atom is -0.469 e. The molecule has 6 nitrogen and oxygen atoms in total. The van der Waals surface area contributed by atoms with E-state index < -0.39 is 5.92 Å². The summed E-state index contributed by atoms with van der Waals surface area (Å²) in [7, 11) is 1.35. The molecule has 0 amide bonds. The lowest BCUT2D eigenvalue weighted by Gasteiger charge is -2.20. The molecule has 1 aromatic heterocycles. The lowest BCUT2D eigenvalue weighted by Crippen LogP contribution is -2.27. The van der Waals surface area contributed by atoms with Gasteiger partial charge in [-0.2, -0.15) is 0 Å². The van der Waals surface area contributed by atoms with Crippen molar-refractivity contribution in [3.8, 4) is 0 Å². The number of rotatable bonds is 4. The fourth-order valence-corrected chi connectivity index (χ4v) is 3.61. The number of hydrogen-bond donors (Lipinski definition) is 2. The lowest BCUT2D eigenvalue weighted by atomic mass is 9.86. The van der Waals surface area contributed by atoms with Gasteiger partial charge in [-0.3, -0.25) is 14.6 Å². The minimum atomic E-state index is -0.451. The molecule has 1 aromatic rings. The minimum absolute atomic E-state index is 0.0679. The van der Waals surface area contributed by atoms with E-state index >= 15 is 0 Å². The highest BCUT2D eigenvalue weighted by Gasteiger charge is 2.35. The molecule has 6 heteroatoms. The van der Waals surface area contributed by atoms with Gasteiger partial charge in [0.2, 0.25) is 0 Å². The fraction of sp³-hybridized carbons (Fsp3) is 0.286. The van der Waals surface area contributed by atoms with E-state index in [2.05, 4.69) is 26.8 Å². The van der Waals surface area contributed by atoms with Crippen LogP contribution in [-0.4, -0.2) is 36.6 Å². The molecule has 1 atom stereocenters. The smallest absolute Gasteiger partial charge is 0.309 e. The van der Waals surface area contributed by atoms with Crippen LogP contribution in [0.25, 0.3) is 5.57 Å². The number of methoxy groups -OCH3 is 1. The van der Waals surface area contributed by atoms with E-state index in [1.165, 1.54) is 7.11 Å². The highest BCUT2D eigenvalue weighted by atomic mass is 16.5. The number of hydrogen-bond acceptors (Lipinski definition) is 5. The summed E-state index contributed by atoms with van der Waals surface area (Å²) < 4.78 is 4.84. The van der Waals surface area contributed by atoms with Gasteiger partial charge in [-0.05, 0) is 36.0 Å². The summed E-state index contributed by atoms with van der Waals surface area (Å²) in [4.78, 5) is 32.5. The maximum Gasteiger partial charge on any atom is 0.309 e. The number of nitrogens with zero attached hydrogens (tertiary/aromatic N) is 1. The van der Waals surface area contributed by atoms with E-state index in [4.69, 9.17) is 4.74 Å². The largest absolute Gasteiger partial charge is 0.469 e. The Morgan fingerprint density at radius 1 is 1.41 bits per heavy atom. The molecule has 4 rings (SSSR count). The molecule has 2 N–H and O–H groups in total. The van der Waals surface area contributed by atoms with E-state index in [1.807, 2.05) is 18.2 Å². The third-order valence-electron chi connectivity index (χ3n) is 4.89. The molecule has 1 unspecified atom stereocenters. The highest BCUT2D eigenvalue weighted by Crippen LogP contribution is 2.38. The van der Waals surface area contributed by atoms with Gasteiger partial charge in [0.1, 0.15) is 0 Å². The van der Waals surface area contributed by atoms with E-state index in [0.29, 0.717) is 18.5 Å². The van der Waals surface area contributed by atoms with Gasteiger partial charge in [-0.25, -0.2) is 0 Å². The number of fused-ring (bicyclic) bond motifs is 1. The van der Waals surface area contributed by atoms with Crippen molar-refractivity contribution in [3.63, 3.8) is 0 Å². The zero-order chi connectivity index (χ0) is 18.8. The molecule has 3 aliphatic rings. The number of carbonyl (C=O) groups is 2. The zero-order valence-electron chi connectivity index (χ0n) is 15.0. The third-order valence-corrected chi connectivity index (χ3v) is 4.89. The number of aromatic nitrogens is 1. The third kappa shape index (κ3) is 3.24. The second kappa shape index (κ2) is 7.12. The zero-order valence-corrected chi connectivity index (χ0v) is 15.0. The van der Waals surface area contributed by atoms with Crippen LogP contribution >= 0.6 is 0 Å². The Balaban J connectivity index is 1.81. The average Bonchev–Trinajstić information content (AvgIpc) is 3.07. The van der Waals surface area contributed by atoms with Gasteiger partial charge in [0, 0.05) is 31.3 Å². The number of aromatic amines is 1. The molecule has 2 aliphatic carbocycles. The SMILES string of the molecule is COC(=O)C1CC(=O)c2c([nH]c(C3=CC=NCC3)c2NC2=C=C=CC=C2)C1. The number of nitrogens with one attached hydrogen (secondary N) is 2. The van der Waals surface area contributed by atoms with Gasteiger partial charge in [0.05, 0.1) is 35.7 Å². The van der Waals surface area contributed by atoms with Crippen LogP contribution < -0.4 is 5.32 Å². The number of anilines is 1. The van der Waals surface area contributed by atoms with Gasteiger partial charge in [-0.15, -0.1) is 0 Å². The van der Waals surface area contributed by atoms with Crippen LogP contribution in [-0.2, 0) is 16.0 Å². The van der Waals surface area contributed by atoms with Crippen LogP contribution in [0.5, 0.6) is 0 Å². The van der Waals surface area contributed by atoms with Crippen molar-refractivity contribution >= 4 is 29.2 Å². The maximum atomic E-state index is 12.9. The number of esters is 1. The topological polar surface area (TPSA) is 83.6 Å². The van der Waals surface area contributed by atoms with Crippen molar-refractivity contribution in [3.05, 3.63) is 58.4 Å². The Hall–Kier alpha value is -3.33. The Bertz CT molecular complexity index is 1010. The number of aliphatic imine (C=N–C) groups is 1. The first kappa shape index (κ1) is 17.1. The van der Waals surface area contributed by atoms with E-state index in [9.17, 15) is 9.59 Å². The Morgan fingerprint density at radius 3 is 3.00 bits per heavy atom. The predicted molar refractivity (Wildman–Crippen MR) is 103 cm³/mol. The van der Waals surface area contributed by atoms with Gasteiger partial charge >= 0.3 is 5.97 Å². The summed E-state index contributed by atoms with van der Waals surface area (Å²) in [6, 6.07) is 0. The number of H-pyrrole nitrogens is 1. The second-order valence-corrected chi connectivity index (χ2v) is 6.61. The summed E-state index contributed by atoms with van der Waals surface area (Å²) in [5.74, 6) is -0.871. The number of ketones is 1. The van der Waals surface area contributed by atoms with Crippen LogP contribution in [0.15, 0.2) is 46.5 Å². The number of Topliss-reactive ketones (excluding diaryl/α,β-unsaturated/α-hetero) is 1. The molecule has 0 bridgehead atoms. The van der Waals surface area contributed by atoms with Crippen LogP contribution in [0.4, 0.5) is 5.69 Å². The van der Waals surface area contributed by atoms with Gasteiger partial charge in [-0.1, -0.05) is 11.8 Å². The van der Waals surface area contributed by atoms with Gasteiger partial charge in [0.25, 0.3) is 0 Å². The van der Waals surface area contributed by atoms with Crippen LogP contribution in [0, 0.1) is 5.92 Å². The van der Waals surface area contributed by atoms with E-state index in [-0.39, 0.29) is 18.2 Å². The monoisotopic (exact) mass is 361 g/mol. The van der Waals surface area contributed by atoms with Crippen molar-refractivity contribution in [2.45, 2.75) is 19.3 Å². The molecule has 136 valence electrons. The summed E-state index contributed by atoms with van der Waals surface area (Å²) in [5, 5.41) is 3.33. The van der Waals surface area contributed by atoms with Crippen molar-refractivity contribution < 1.29 is 14.3 Å². The van der Waals surface area contributed by atoms with Crippen LogP contribution in [0.3, 0.4) is 0 Å². The van der Waals surface area contributed by atoms with Crippen molar-refractivity contribution in [2.75, 3.05) is 19.0 Å². The van der Waals surface area contributed by atoms with Crippen molar-refractivity contribution in [1.29, 1.82) is 0 Å². The Morgan fingerprint density at radius 2 is 2.30 bits per heavy atom. The highest BCUT2D eigenvalue weighted by molar-refractivity contribution is 6.08. The molecule has 0 saturated heterocycles. The molecule has 1 aliphatic heterocycles. The molecule has 0 radical (unpaired) electrons. The lowest BCUT2D eigenvalue weighted by molar-refractivity contribution is -0.145. The second-order valence-electron chi connectivity index (χ2n) is 6.61. The molecule has 0 fully saturated rings. The standard InChI is InChI=1S/C21H19N3O3/c1-27-21(26)14-11-16-18(17(25)12-14)20(23-15-5-3-2-4-6-15)19(24-16)13-7-9-22-10-8-13/h2-3,5,7,9,14,23-24H,8,10-12H2,1H3. The first-order valence-corrected chi connectivity index (χ1v) is 8.88. The molecule has 27 heavy (non-hydrogen) atoms. The average molecular weight is 361 g/mol. The molecular weight excluding hydrogens is 342 g/mol.